The van der Waals surface area contributed by atoms with Crippen LogP contribution in [0.15, 0.2) is 35.4 Å². The molecule has 0 aliphatic carbocycles. The molecule has 1 aliphatic rings. The summed E-state index contributed by atoms with van der Waals surface area (Å²) >= 11 is 0. The standard InChI is InChI=1S/C10H10N4O/c11-10(12)14-9(15)6-8(13-14)7-4-2-1-3-5-7/h1-5H,6H2,(H3,11,12). The number of hydrazone groups is 1. The smallest absolute Gasteiger partial charge is 0.256 e. The summed E-state index contributed by atoms with van der Waals surface area (Å²) in [4.78, 5) is 11.4. The number of hydrogen-bond donors (Lipinski definition) is 2. The van der Waals surface area contributed by atoms with Crippen molar-refractivity contribution in [3.63, 3.8) is 0 Å². The van der Waals surface area contributed by atoms with E-state index in [2.05, 4.69) is 5.10 Å². The summed E-state index contributed by atoms with van der Waals surface area (Å²) in [5.41, 5.74) is 6.74. The molecule has 1 aromatic rings. The molecule has 1 aliphatic heterocycles. The fraction of sp³-hybridized carbons (Fsp3) is 0.100. The van der Waals surface area contributed by atoms with E-state index in [1.807, 2.05) is 30.3 Å². The first kappa shape index (κ1) is 9.39. The van der Waals surface area contributed by atoms with Gasteiger partial charge in [-0.1, -0.05) is 30.3 Å². The number of carbonyl (C=O) groups excluding carboxylic acids is 1. The Morgan fingerprint density at radius 2 is 2.07 bits per heavy atom. The first-order valence-corrected chi connectivity index (χ1v) is 4.48. The Labute approximate surface area is 86.7 Å². The predicted octanol–water partition coefficient (Wildman–Crippen LogP) is 0.516. The monoisotopic (exact) mass is 202 g/mol. The first-order valence-electron chi connectivity index (χ1n) is 4.48. The predicted molar refractivity (Wildman–Crippen MR) is 56.4 cm³/mol. The lowest BCUT2D eigenvalue weighted by molar-refractivity contribution is -0.125. The largest absolute Gasteiger partial charge is 0.368 e. The summed E-state index contributed by atoms with van der Waals surface area (Å²) < 4.78 is 0. The third kappa shape index (κ3) is 1.71. The van der Waals surface area contributed by atoms with E-state index >= 15 is 0 Å². The number of hydrogen-bond acceptors (Lipinski definition) is 3. The van der Waals surface area contributed by atoms with Crippen molar-refractivity contribution in [2.24, 2.45) is 10.8 Å². The molecule has 0 unspecified atom stereocenters. The van der Waals surface area contributed by atoms with Gasteiger partial charge in [-0.25, -0.2) is 0 Å². The summed E-state index contributed by atoms with van der Waals surface area (Å²) in [7, 11) is 0. The fourth-order valence-corrected chi connectivity index (χ4v) is 1.41. The van der Waals surface area contributed by atoms with E-state index in [0.29, 0.717) is 5.71 Å². The topological polar surface area (TPSA) is 82.5 Å². The van der Waals surface area contributed by atoms with Gasteiger partial charge in [0.15, 0.2) is 0 Å². The summed E-state index contributed by atoms with van der Waals surface area (Å²) in [5, 5.41) is 12.1. The Kier molecular flexibility index (Phi) is 2.21. The molecule has 5 nitrogen and oxygen atoms in total. The van der Waals surface area contributed by atoms with Gasteiger partial charge in [0.1, 0.15) is 0 Å². The summed E-state index contributed by atoms with van der Waals surface area (Å²) in [5.74, 6) is -0.604. The Bertz CT molecular complexity index is 438. The molecule has 0 atom stereocenters. The second-order valence-corrected chi connectivity index (χ2v) is 3.18. The van der Waals surface area contributed by atoms with Crippen molar-refractivity contribution in [2.75, 3.05) is 0 Å². The van der Waals surface area contributed by atoms with Crippen LogP contribution in [0.4, 0.5) is 0 Å². The lowest BCUT2D eigenvalue weighted by atomic mass is 10.1. The molecule has 0 fully saturated rings. The molecule has 15 heavy (non-hydrogen) atoms. The molecule has 3 N–H and O–H groups in total. The van der Waals surface area contributed by atoms with E-state index in [0.717, 1.165) is 10.6 Å². The van der Waals surface area contributed by atoms with Crippen molar-refractivity contribution >= 4 is 17.6 Å². The highest BCUT2D eigenvalue weighted by atomic mass is 16.2. The maximum atomic E-state index is 11.4. The van der Waals surface area contributed by atoms with Crippen molar-refractivity contribution in [1.82, 2.24) is 5.01 Å². The molecular weight excluding hydrogens is 192 g/mol. The minimum absolute atomic E-state index is 0.198. The zero-order chi connectivity index (χ0) is 10.8. The average Bonchev–Trinajstić information content (AvgIpc) is 2.62. The second-order valence-electron chi connectivity index (χ2n) is 3.18. The van der Waals surface area contributed by atoms with Crippen molar-refractivity contribution in [3.05, 3.63) is 35.9 Å². The van der Waals surface area contributed by atoms with Crippen molar-refractivity contribution in [1.29, 1.82) is 5.41 Å². The van der Waals surface area contributed by atoms with Crippen LogP contribution in [0.2, 0.25) is 0 Å². The lowest BCUT2D eigenvalue weighted by Crippen LogP contribution is -2.33. The lowest BCUT2D eigenvalue weighted by Gasteiger charge is -2.06. The molecule has 1 heterocycles. The number of benzene rings is 1. The number of amides is 1. The van der Waals surface area contributed by atoms with E-state index in [4.69, 9.17) is 11.1 Å². The normalized spacial score (nSPS) is 15.3. The van der Waals surface area contributed by atoms with Crippen LogP contribution in [-0.4, -0.2) is 22.6 Å². The van der Waals surface area contributed by atoms with Gasteiger partial charge in [0.2, 0.25) is 5.96 Å². The Morgan fingerprint density at radius 3 is 2.60 bits per heavy atom. The van der Waals surface area contributed by atoms with E-state index in [1.165, 1.54) is 0 Å². The molecule has 5 heteroatoms. The summed E-state index contributed by atoms with van der Waals surface area (Å²) in [6, 6.07) is 9.38. The Balaban J connectivity index is 2.31. The molecule has 0 radical (unpaired) electrons. The van der Waals surface area contributed by atoms with Gasteiger partial charge in [0.05, 0.1) is 12.1 Å². The minimum Gasteiger partial charge on any atom is -0.368 e. The number of nitrogens with one attached hydrogen (secondary N) is 1. The molecule has 0 aromatic heterocycles. The number of nitrogens with zero attached hydrogens (tertiary/aromatic N) is 2. The molecule has 0 saturated carbocycles. The average molecular weight is 202 g/mol. The first-order chi connectivity index (χ1) is 7.18. The van der Waals surface area contributed by atoms with Crippen LogP contribution >= 0.6 is 0 Å². The summed E-state index contributed by atoms with van der Waals surface area (Å²) in [6.07, 6.45) is 0.198. The van der Waals surface area contributed by atoms with Crippen molar-refractivity contribution in [2.45, 2.75) is 6.42 Å². The van der Waals surface area contributed by atoms with Gasteiger partial charge in [0.25, 0.3) is 5.91 Å². The van der Waals surface area contributed by atoms with Gasteiger partial charge in [0, 0.05) is 0 Å². The van der Waals surface area contributed by atoms with Crippen LogP contribution in [-0.2, 0) is 4.79 Å². The van der Waals surface area contributed by atoms with Crippen LogP contribution in [0.25, 0.3) is 0 Å². The van der Waals surface area contributed by atoms with Crippen molar-refractivity contribution < 1.29 is 4.79 Å². The fourth-order valence-electron chi connectivity index (χ4n) is 1.41. The Morgan fingerprint density at radius 1 is 1.40 bits per heavy atom. The second kappa shape index (κ2) is 3.53. The molecule has 76 valence electrons. The van der Waals surface area contributed by atoms with Gasteiger partial charge in [-0.05, 0) is 5.56 Å². The zero-order valence-corrected chi connectivity index (χ0v) is 7.97. The Hall–Kier alpha value is -2.17. The minimum atomic E-state index is -0.342. The third-order valence-corrected chi connectivity index (χ3v) is 2.11. The highest BCUT2D eigenvalue weighted by Crippen LogP contribution is 2.13. The molecular formula is C10H10N4O. The van der Waals surface area contributed by atoms with Crippen LogP contribution < -0.4 is 5.73 Å². The summed E-state index contributed by atoms with van der Waals surface area (Å²) in [6.45, 7) is 0. The molecule has 2 rings (SSSR count). The van der Waals surface area contributed by atoms with Gasteiger partial charge in [-0.15, -0.1) is 0 Å². The van der Waals surface area contributed by atoms with Gasteiger partial charge in [-0.2, -0.15) is 10.1 Å². The van der Waals surface area contributed by atoms with Gasteiger partial charge in [-0.3, -0.25) is 10.2 Å². The van der Waals surface area contributed by atoms with Crippen LogP contribution in [0.3, 0.4) is 0 Å². The quantitative estimate of drug-likeness (QED) is 0.514. The van der Waals surface area contributed by atoms with Gasteiger partial charge < -0.3 is 5.73 Å². The number of nitrogens with two attached hydrogens (primary N) is 1. The van der Waals surface area contributed by atoms with E-state index in [1.54, 1.807) is 0 Å². The zero-order valence-electron chi connectivity index (χ0n) is 7.97. The number of carbonyl (C=O) groups is 1. The van der Waals surface area contributed by atoms with Crippen molar-refractivity contribution in [3.8, 4) is 0 Å². The molecule has 0 saturated heterocycles. The molecule has 0 spiro atoms. The maximum absolute atomic E-state index is 11.4. The SMILES string of the molecule is N=C(N)N1N=C(c2ccccc2)CC1=O. The van der Waals surface area contributed by atoms with Crippen LogP contribution in [0.5, 0.6) is 0 Å². The van der Waals surface area contributed by atoms with Gasteiger partial charge >= 0.3 is 0 Å². The van der Waals surface area contributed by atoms with Crippen LogP contribution in [0, 0.1) is 5.41 Å². The highest BCUT2D eigenvalue weighted by molar-refractivity contribution is 6.17. The highest BCUT2D eigenvalue weighted by Gasteiger charge is 2.26. The van der Waals surface area contributed by atoms with Crippen LogP contribution in [0.1, 0.15) is 12.0 Å². The number of guanidine groups is 1. The van der Waals surface area contributed by atoms with E-state index in [-0.39, 0.29) is 18.3 Å². The molecule has 0 bridgehead atoms. The maximum Gasteiger partial charge on any atom is 0.256 e. The third-order valence-electron chi connectivity index (χ3n) is 2.11. The van der Waals surface area contributed by atoms with E-state index in [9.17, 15) is 4.79 Å². The molecule has 1 aromatic carbocycles. The molecule has 1 amide bonds. The van der Waals surface area contributed by atoms with E-state index < -0.39 is 0 Å². The number of rotatable bonds is 1.